The van der Waals surface area contributed by atoms with E-state index in [4.69, 9.17) is 9.88 Å². The number of thiazole rings is 1. The lowest BCUT2D eigenvalue weighted by Gasteiger charge is -2.26. The van der Waals surface area contributed by atoms with Crippen LogP contribution < -0.4 is 9.88 Å². The number of carbonyl (C=O) groups is 2. The number of thiophene rings is 1. The number of rotatable bonds is 12. The molecule has 4 rings (SSSR count). The minimum atomic E-state index is -3.96. The molecule has 3 aromatic rings. The summed E-state index contributed by atoms with van der Waals surface area (Å²) >= 11 is 2.97. The van der Waals surface area contributed by atoms with Crippen LogP contribution in [0.1, 0.15) is 50.2 Å². The van der Waals surface area contributed by atoms with Crippen molar-refractivity contribution >= 4 is 44.4 Å². The molecule has 3 aromatic heterocycles. The lowest BCUT2D eigenvalue weighted by molar-refractivity contribution is -0.134. The normalized spacial score (nSPS) is 14.4. The summed E-state index contributed by atoms with van der Waals surface area (Å²) in [4.78, 5) is 38.8. The summed E-state index contributed by atoms with van der Waals surface area (Å²) in [6.45, 7) is 2.47. The molecule has 12 heteroatoms. The molecule has 1 saturated carbocycles. The molecule has 0 bridgehead atoms. The summed E-state index contributed by atoms with van der Waals surface area (Å²) in [6.07, 6.45) is 4.67. The van der Waals surface area contributed by atoms with E-state index in [2.05, 4.69) is 16.0 Å². The highest BCUT2D eigenvalue weighted by atomic mass is 32.2. The van der Waals surface area contributed by atoms with Crippen molar-refractivity contribution in [2.75, 3.05) is 19.4 Å². The molecule has 0 unspecified atom stereocenters. The first kappa shape index (κ1) is 26.4. The zero-order chi connectivity index (χ0) is 25.9. The number of aryl methyl sites for hydroxylation is 2. The quantitative estimate of drug-likeness (QED) is 0.344. The number of hydrogen-bond acceptors (Lipinski definition) is 9. The monoisotopic (exact) mass is 548 g/mol. The van der Waals surface area contributed by atoms with Crippen molar-refractivity contribution in [1.82, 2.24) is 14.9 Å². The number of methoxy groups -OCH3 is 1. The molecule has 1 amide bonds. The van der Waals surface area contributed by atoms with Gasteiger partial charge in [0.05, 0.1) is 31.0 Å². The Labute approximate surface area is 218 Å². The second-order valence-corrected chi connectivity index (χ2v) is 12.8. The summed E-state index contributed by atoms with van der Waals surface area (Å²) in [5, 5.41) is 7.65. The van der Waals surface area contributed by atoms with E-state index in [9.17, 15) is 18.0 Å². The van der Waals surface area contributed by atoms with Crippen molar-refractivity contribution in [3.8, 4) is 5.75 Å². The second kappa shape index (κ2) is 10.8. The van der Waals surface area contributed by atoms with Gasteiger partial charge in [-0.3, -0.25) is 14.6 Å². The van der Waals surface area contributed by atoms with E-state index < -0.39 is 27.0 Å². The number of amides is 1. The zero-order valence-electron chi connectivity index (χ0n) is 20.1. The van der Waals surface area contributed by atoms with Crippen LogP contribution in [0, 0.1) is 6.92 Å². The fourth-order valence-electron chi connectivity index (χ4n) is 4.13. The number of ketones is 1. The molecular formula is C24H28N4O5S3. The van der Waals surface area contributed by atoms with E-state index in [-0.39, 0.29) is 18.1 Å². The Balaban J connectivity index is 1.55. The number of pyridine rings is 1. The maximum atomic E-state index is 13.9. The molecule has 0 radical (unpaired) electrons. The number of ether oxygens (including phenoxy) is 1. The number of hydrogen-bond donors (Lipinski definition) is 1. The highest BCUT2D eigenvalue weighted by molar-refractivity contribution is 7.89. The van der Waals surface area contributed by atoms with Gasteiger partial charge in [0.15, 0.2) is 5.78 Å². The van der Waals surface area contributed by atoms with E-state index in [1.54, 1.807) is 36.5 Å². The van der Waals surface area contributed by atoms with E-state index >= 15 is 0 Å². The predicted molar refractivity (Wildman–Crippen MR) is 139 cm³/mol. The predicted octanol–water partition coefficient (Wildman–Crippen LogP) is 3.08. The van der Waals surface area contributed by atoms with Crippen molar-refractivity contribution in [2.45, 2.75) is 44.6 Å². The average Bonchev–Trinajstić information content (AvgIpc) is 3.31. The molecule has 0 aromatic carbocycles. The lowest BCUT2D eigenvalue weighted by atomic mass is 9.99. The SMILES string of the molecule is COc1ccc(C2(C(=O)N(CCCc3cccs3)Cc3nc(C(=O)CS(N)(=O)=O)c(C)s3)CC2)nc1. The maximum Gasteiger partial charge on any atom is 0.235 e. The Morgan fingerprint density at radius 1 is 1.25 bits per heavy atom. The topological polar surface area (TPSA) is 133 Å². The molecule has 0 saturated heterocycles. The highest BCUT2D eigenvalue weighted by Crippen LogP contribution is 2.49. The summed E-state index contributed by atoms with van der Waals surface area (Å²) in [5.74, 6) is -0.831. The van der Waals surface area contributed by atoms with Gasteiger partial charge in [-0.1, -0.05) is 6.07 Å². The number of primary sulfonamides is 1. The van der Waals surface area contributed by atoms with Crippen LogP contribution in [0.15, 0.2) is 35.8 Å². The lowest BCUT2D eigenvalue weighted by Crippen LogP contribution is -2.40. The molecule has 1 aliphatic rings. The average molecular weight is 549 g/mol. The third-order valence-electron chi connectivity index (χ3n) is 6.10. The second-order valence-electron chi connectivity index (χ2n) is 8.82. The third kappa shape index (κ3) is 6.17. The van der Waals surface area contributed by atoms with Gasteiger partial charge in [-0.2, -0.15) is 0 Å². The van der Waals surface area contributed by atoms with Gasteiger partial charge in [0, 0.05) is 16.3 Å². The van der Waals surface area contributed by atoms with Crippen LogP contribution in [0.3, 0.4) is 0 Å². The largest absolute Gasteiger partial charge is 0.495 e. The van der Waals surface area contributed by atoms with Gasteiger partial charge in [0.1, 0.15) is 22.2 Å². The molecule has 1 fully saturated rings. The summed E-state index contributed by atoms with van der Waals surface area (Å²) in [6, 6.07) is 7.74. The van der Waals surface area contributed by atoms with Crippen molar-refractivity contribution < 1.29 is 22.7 Å². The van der Waals surface area contributed by atoms with Crippen molar-refractivity contribution in [1.29, 1.82) is 0 Å². The summed E-state index contributed by atoms with van der Waals surface area (Å²) in [7, 11) is -2.39. The fraction of sp³-hybridized carbons (Fsp3) is 0.417. The van der Waals surface area contributed by atoms with Gasteiger partial charge in [-0.25, -0.2) is 18.5 Å². The van der Waals surface area contributed by atoms with Crippen LogP contribution >= 0.6 is 22.7 Å². The number of nitrogens with two attached hydrogens (primary N) is 1. The summed E-state index contributed by atoms with van der Waals surface area (Å²) < 4.78 is 28.0. The first-order chi connectivity index (χ1) is 17.1. The van der Waals surface area contributed by atoms with Crippen molar-refractivity contribution in [3.05, 3.63) is 62.0 Å². The van der Waals surface area contributed by atoms with Crippen LogP contribution in [0.5, 0.6) is 5.75 Å². The highest BCUT2D eigenvalue weighted by Gasteiger charge is 2.54. The van der Waals surface area contributed by atoms with Gasteiger partial charge in [0.2, 0.25) is 15.9 Å². The Hall–Kier alpha value is -2.67. The van der Waals surface area contributed by atoms with Gasteiger partial charge in [-0.05, 0) is 56.2 Å². The van der Waals surface area contributed by atoms with E-state index in [0.717, 1.165) is 18.5 Å². The number of sulfonamides is 1. The smallest absolute Gasteiger partial charge is 0.235 e. The van der Waals surface area contributed by atoms with Crippen molar-refractivity contribution in [2.24, 2.45) is 5.14 Å². The summed E-state index contributed by atoms with van der Waals surface area (Å²) in [5.41, 5.74) is 0.136. The van der Waals surface area contributed by atoms with Gasteiger partial charge in [0.25, 0.3) is 0 Å². The standard InChI is InChI=1S/C24H28N4O5S3/c1-16-22(19(29)15-36(25,31)32)27-21(35-16)14-28(11-3-5-18-6-4-12-34-18)23(30)24(9-10-24)20-8-7-17(33-2)13-26-20/h4,6-8,12-13H,3,5,9-11,14-15H2,1-2H3,(H2,25,31,32). The minimum absolute atomic E-state index is 0.0170. The van der Waals surface area contributed by atoms with E-state index in [0.29, 0.717) is 35.0 Å². The molecule has 0 atom stereocenters. The Kier molecular flexibility index (Phi) is 7.88. The Bertz CT molecular complexity index is 1330. The zero-order valence-corrected chi connectivity index (χ0v) is 22.5. The van der Waals surface area contributed by atoms with Crippen LogP contribution in [0.2, 0.25) is 0 Å². The minimum Gasteiger partial charge on any atom is -0.495 e. The maximum absolute atomic E-state index is 13.9. The first-order valence-corrected chi connectivity index (χ1v) is 14.8. The van der Waals surface area contributed by atoms with Crippen LogP contribution in [0.25, 0.3) is 0 Å². The Morgan fingerprint density at radius 3 is 2.61 bits per heavy atom. The molecule has 0 aliphatic heterocycles. The Morgan fingerprint density at radius 2 is 2.03 bits per heavy atom. The van der Waals surface area contributed by atoms with E-state index in [1.165, 1.54) is 16.2 Å². The molecule has 0 spiro atoms. The number of carbonyl (C=O) groups excluding carboxylic acids is 2. The van der Waals surface area contributed by atoms with Gasteiger partial charge >= 0.3 is 0 Å². The molecule has 3 heterocycles. The molecule has 1 aliphatic carbocycles. The van der Waals surface area contributed by atoms with Crippen LogP contribution in [-0.4, -0.2) is 54.4 Å². The van der Waals surface area contributed by atoms with Crippen LogP contribution in [-0.2, 0) is 33.2 Å². The van der Waals surface area contributed by atoms with Crippen molar-refractivity contribution in [3.63, 3.8) is 0 Å². The third-order valence-corrected chi connectivity index (χ3v) is 8.66. The molecule has 9 nitrogen and oxygen atoms in total. The van der Waals surface area contributed by atoms with Crippen LogP contribution in [0.4, 0.5) is 0 Å². The molecule has 192 valence electrons. The number of nitrogens with zero attached hydrogens (tertiary/aromatic N) is 3. The number of Topliss-reactive ketones (excluding diaryl/α,β-unsaturated/α-hetero) is 1. The first-order valence-electron chi connectivity index (χ1n) is 11.4. The van der Waals surface area contributed by atoms with E-state index in [1.807, 2.05) is 23.6 Å². The molecule has 36 heavy (non-hydrogen) atoms. The molecular weight excluding hydrogens is 520 g/mol. The fourth-order valence-corrected chi connectivity index (χ4v) is 6.36. The number of aromatic nitrogens is 2. The van der Waals surface area contributed by atoms with Gasteiger partial charge in [-0.15, -0.1) is 22.7 Å². The van der Waals surface area contributed by atoms with Gasteiger partial charge < -0.3 is 9.64 Å². The molecule has 2 N–H and O–H groups in total.